The van der Waals surface area contributed by atoms with Crippen LogP contribution in [0.1, 0.15) is 5.56 Å². The molecule has 1 aromatic heterocycles. The van der Waals surface area contributed by atoms with E-state index >= 15 is 0 Å². The molecule has 2 aromatic rings. The van der Waals surface area contributed by atoms with Crippen molar-refractivity contribution in [3.8, 4) is 0 Å². The normalized spacial score (nSPS) is 10.4. The molecule has 4 heteroatoms. The molecular formula is C12H9Cl2NS. The summed E-state index contributed by atoms with van der Waals surface area (Å²) < 4.78 is 0. The third-order valence-corrected chi connectivity index (χ3v) is 3.55. The van der Waals surface area contributed by atoms with Gasteiger partial charge in [0.2, 0.25) is 0 Å². The number of benzene rings is 1. The summed E-state index contributed by atoms with van der Waals surface area (Å²) in [5.74, 6) is 0.879. The van der Waals surface area contributed by atoms with E-state index in [1.54, 1.807) is 18.0 Å². The van der Waals surface area contributed by atoms with Crippen LogP contribution in [0.15, 0.2) is 47.5 Å². The monoisotopic (exact) mass is 269 g/mol. The van der Waals surface area contributed by atoms with Gasteiger partial charge < -0.3 is 0 Å². The van der Waals surface area contributed by atoms with Crippen LogP contribution < -0.4 is 0 Å². The standard InChI is InChI=1S/C12H9Cl2NS/c13-10-1-3-11(4-2-10)16-8-9-5-6-15-12(14)7-9/h1-7H,8H2. The van der Waals surface area contributed by atoms with Crippen molar-refractivity contribution in [2.24, 2.45) is 0 Å². The van der Waals surface area contributed by atoms with Crippen LogP contribution in [-0.2, 0) is 5.75 Å². The van der Waals surface area contributed by atoms with E-state index in [0.717, 1.165) is 10.8 Å². The molecule has 1 nitrogen and oxygen atoms in total. The lowest BCUT2D eigenvalue weighted by atomic mass is 10.3. The fraction of sp³-hybridized carbons (Fsp3) is 0.0833. The first kappa shape index (κ1) is 11.8. The molecule has 0 saturated carbocycles. The van der Waals surface area contributed by atoms with Crippen molar-refractivity contribution in [1.82, 2.24) is 4.98 Å². The van der Waals surface area contributed by atoms with Crippen LogP contribution >= 0.6 is 35.0 Å². The van der Waals surface area contributed by atoms with Gasteiger partial charge in [-0.3, -0.25) is 0 Å². The van der Waals surface area contributed by atoms with Gasteiger partial charge >= 0.3 is 0 Å². The summed E-state index contributed by atoms with van der Waals surface area (Å²) in [6.45, 7) is 0. The van der Waals surface area contributed by atoms with E-state index in [-0.39, 0.29) is 0 Å². The Labute approximate surface area is 109 Å². The van der Waals surface area contributed by atoms with Crippen molar-refractivity contribution in [2.45, 2.75) is 10.6 Å². The molecule has 0 saturated heterocycles. The minimum Gasteiger partial charge on any atom is -0.245 e. The van der Waals surface area contributed by atoms with Crippen molar-refractivity contribution in [2.75, 3.05) is 0 Å². The molecule has 0 radical (unpaired) electrons. The van der Waals surface area contributed by atoms with Crippen molar-refractivity contribution in [1.29, 1.82) is 0 Å². The molecule has 0 bridgehead atoms. The summed E-state index contributed by atoms with van der Waals surface area (Å²) in [6.07, 6.45) is 1.72. The largest absolute Gasteiger partial charge is 0.245 e. The minimum absolute atomic E-state index is 0.536. The fourth-order valence-electron chi connectivity index (χ4n) is 1.23. The Morgan fingerprint density at radius 2 is 1.81 bits per heavy atom. The molecular weight excluding hydrogens is 261 g/mol. The van der Waals surface area contributed by atoms with Crippen LogP contribution in [0.5, 0.6) is 0 Å². The molecule has 1 heterocycles. The molecule has 0 aliphatic heterocycles. The Morgan fingerprint density at radius 1 is 1.06 bits per heavy atom. The molecule has 0 aliphatic carbocycles. The zero-order valence-corrected chi connectivity index (χ0v) is 10.7. The van der Waals surface area contributed by atoms with Gasteiger partial charge in [-0.05, 0) is 42.0 Å². The van der Waals surface area contributed by atoms with Gasteiger partial charge in [0.05, 0.1) is 0 Å². The van der Waals surface area contributed by atoms with Gasteiger partial charge in [-0.2, -0.15) is 0 Å². The lowest BCUT2D eigenvalue weighted by Crippen LogP contribution is -1.82. The molecule has 0 N–H and O–H groups in total. The average molecular weight is 270 g/mol. The number of hydrogen-bond acceptors (Lipinski definition) is 2. The maximum atomic E-state index is 5.81. The van der Waals surface area contributed by atoms with E-state index in [0.29, 0.717) is 5.15 Å². The summed E-state index contributed by atoms with van der Waals surface area (Å²) >= 11 is 13.4. The molecule has 0 atom stereocenters. The van der Waals surface area contributed by atoms with Gasteiger partial charge in [-0.15, -0.1) is 11.8 Å². The van der Waals surface area contributed by atoms with Gasteiger partial charge in [0, 0.05) is 21.9 Å². The zero-order valence-electron chi connectivity index (χ0n) is 8.36. The minimum atomic E-state index is 0.536. The predicted octanol–water partition coefficient (Wildman–Crippen LogP) is 4.68. The molecule has 82 valence electrons. The Kier molecular flexibility index (Phi) is 4.10. The number of aromatic nitrogens is 1. The second-order valence-electron chi connectivity index (χ2n) is 3.23. The Morgan fingerprint density at radius 3 is 2.50 bits per heavy atom. The first-order valence-corrected chi connectivity index (χ1v) is 6.47. The van der Waals surface area contributed by atoms with Gasteiger partial charge in [-0.1, -0.05) is 23.2 Å². The molecule has 0 aliphatic rings. The lowest BCUT2D eigenvalue weighted by molar-refractivity contribution is 1.27. The number of halogens is 2. The average Bonchev–Trinajstić information content (AvgIpc) is 2.28. The number of hydrogen-bond donors (Lipinski definition) is 0. The first-order chi connectivity index (χ1) is 7.74. The van der Waals surface area contributed by atoms with Crippen molar-refractivity contribution < 1.29 is 0 Å². The molecule has 1 aromatic carbocycles. The third kappa shape index (κ3) is 3.41. The summed E-state index contributed by atoms with van der Waals surface area (Å²) in [6, 6.07) is 11.7. The highest BCUT2D eigenvalue weighted by molar-refractivity contribution is 7.98. The third-order valence-electron chi connectivity index (χ3n) is 2.01. The maximum Gasteiger partial charge on any atom is 0.129 e. The SMILES string of the molecule is Clc1ccc(SCc2ccnc(Cl)c2)cc1. The van der Waals surface area contributed by atoms with E-state index in [1.807, 2.05) is 36.4 Å². The van der Waals surface area contributed by atoms with Gasteiger partial charge in [0.15, 0.2) is 0 Å². The second-order valence-corrected chi connectivity index (χ2v) is 5.10. The number of nitrogens with zero attached hydrogens (tertiary/aromatic N) is 1. The van der Waals surface area contributed by atoms with Gasteiger partial charge in [0.25, 0.3) is 0 Å². The second kappa shape index (κ2) is 5.58. The summed E-state index contributed by atoms with van der Waals surface area (Å²) in [4.78, 5) is 5.14. The van der Waals surface area contributed by atoms with Crippen LogP contribution in [0.3, 0.4) is 0 Å². The molecule has 0 unspecified atom stereocenters. The number of rotatable bonds is 3. The Balaban J connectivity index is 1.99. The Hall–Kier alpha value is -0.700. The highest BCUT2D eigenvalue weighted by Crippen LogP contribution is 2.24. The maximum absolute atomic E-state index is 5.81. The lowest BCUT2D eigenvalue weighted by Gasteiger charge is -2.02. The fourth-order valence-corrected chi connectivity index (χ4v) is 2.39. The van der Waals surface area contributed by atoms with E-state index < -0.39 is 0 Å². The van der Waals surface area contributed by atoms with Crippen LogP contribution in [-0.4, -0.2) is 4.98 Å². The summed E-state index contributed by atoms with van der Waals surface area (Å²) in [5.41, 5.74) is 1.17. The van der Waals surface area contributed by atoms with E-state index in [1.165, 1.54) is 10.5 Å². The first-order valence-electron chi connectivity index (χ1n) is 4.73. The Bertz CT molecular complexity index is 471. The summed E-state index contributed by atoms with van der Waals surface area (Å²) in [5, 5.41) is 1.30. The molecule has 16 heavy (non-hydrogen) atoms. The van der Waals surface area contributed by atoms with Crippen molar-refractivity contribution >= 4 is 35.0 Å². The zero-order chi connectivity index (χ0) is 11.4. The molecule has 0 spiro atoms. The van der Waals surface area contributed by atoms with Gasteiger partial charge in [0.1, 0.15) is 5.15 Å². The highest BCUT2D eigenvalue weighted by atomic mass is 35.5. The van der Waals surface area contributed by atoms with Crippen molar-refractivity contribution in [3.63, 3.8) is 0 Å². The van der Waals surface area contributed by atoms with E-state index in [4.69, 9.17) is 23.2 Å². The van der Waals surface area contributed by atoms with E-state index in [2.05, 4.69) is 4.98 Å². The molecule has 0 amide bonds. The topological polar surface area (TPSA) is 12.9 Å². The smallest absolute Gasteiger partial charge is 0.129 e. The van der Waals surface area contributed by atoms with E-state index in [9.17, 15) is 0 Å². The molecule has 0 fully saturated rings. The van der Waals surface area contributed by atoms with Crippen LogP contribution in [0.25, 0.3) is 0 Å². The number of pyridine rings is 1. The molecule has 2 rings (SSSR count). The number of thioether (sulfide) groups is 1. The van der Waals surface area contributed by atoms with Gasteiger partial charge in [-0.25, -0.2) is 4.98 Å². The van der Waals surface area contributed by atoms with Crippen LogP contribution in [0.4, 0.5) is 0 Å². The quantitative estimate of drug-likeness (QED) is 0.593. The van der Waals surface area contributed by atoms with Crippen LogP contribution in [0.2, 0.25) is 10.2 Å². The van der Waals surface area contributed by atoms with Crippen molar-refractivity contribution in [3.05, 3.63) is 58.3 Å². The highest BCUT2D eigenvalue weighted by Gasteiger charge is 1.98. The predicted molar refractivity (Wildman–Crippen MR) is 70.3 cm³/mol. The summed E-state index contributed by atoms with van der Waals surface area (Å²) in [7, 11) is 0. The van der Waals surface area contributed by atoms with Crippen LogP contribution in [0, 0.1) is 0 Å².